The van der Waals surface area contributed by atoms with Gasteiger partial charge in [0.25, 0.3) is 0 Å². The molecule has 7 nitrogen and oxygen atoms in total. The maximum atomic E-state index is 10.7. The fraction of sp³-hybridized carbons (Fsp3) is 0.464. The minimum Gasteiger partial charge on any atom is -0.493 e. The van der Waals surface area contributed by atoms with Gasteiger partial charge in [0.2, 0.25) is 5.88 Å². The van der Waals surface area contributed by atoms with Crippen LogP contribution in [0.4, 0.5) is 0 Å². The Hall–Kier alpha value is -2.87. The van der Waals surface area contributed by atoms with Gasteiger partial charge < -0.3 is 19.3 Å². The first-order valence-electron chi connectivity index (χ1n) is 12.5. The molecule has 3 aromatic rings. The first-order valence-corrected chi connectivity index (χ1v) is 12.5. The number of aliphatic hydroxyl groups is 1. The predicted molar refractivity (Wildman–Crippen MR) is 137 cm³/mol. The maximum Gasteiger partial charge on any atom is 0.222 e. The van der Waals surface area contributed by atoms with Crippen molar-refractivity contribution in [3.8, 4) is 28.6 Å². The Bertz CT molecular complexity index is 1070. The van der Waals surface area contributed by atoms with Crippen LogP contribution in [0.3, 0.4) is 0 Å². The number of aromatic nitrogens is 2. The van der Waals surface area contributed by atoms with Crippen LogP contribution < -0.4 is 9.47 Å². The first kappa shape index (κ1) is 25.2. The van der Waals surface area contributed by atoms with E-state index in [-0.39, 0.29) is 0 Å². The van der Waals surface area contributed by atoms with E-state index >= 15 is 0 Å². The Kier molecular flexibility index (Phi) is 8.79. The lowest BCUT2D eigenvalue weighted by Gasteiger charge is -2.25. The van der Waals surface area contributed by atoms with Gasteiger partial charge in [-0.05, 0) is 31.4 Å². The highest BCUT2D eigenvalue weighted by atomic mass is 16.5. The third-order valence-electron chi connectivity index (χ3n) is 6.23. The number of methoxy groups -OCH3 is 1. The van der Waals surface area contributed by atoms with Crippen LogP contribution in [0.5, 0.6) is 17.4 Å². The molecule has 0 bridgehead atoms. The summed E-state index contributed by atoms with van der Waals surface area (Å²) in [5, 5.41) is 15.6. The van der Waals surface area contributed by atoms with Crippen LogP contribution in [0.15, 0.2) is 54.6 Å². The molecule has 1 aliphatic rings. The van der Waals surface area contributed by atoms with Crippen LogP contribution in [0, 0.1) is 0 Å². The highest BCUT2D eigenvalue weighted by Crippen LogP contribution is 2.39. The standard InChI is InChI=1S/C28H37N3O4/c1-4-5-17-34-20-23(32)18-31(22-15-16-22)19-24-27(21-11-7-6-8-12-21)29-30(2)28(24)35-26-14-10-9-13-25(26)33-3/h6-14,22-23,32H,4-5,15-20H2,1-3H3/t23-/m1/s1. The Morgan fingerprint density at radius 3 is 2.49 bits per heavy atom. The molecule has 0 aliphatic heterocycles. The summed E-state index contributed by atoms with van der Waals surface area (Å²) >= 11 is 0. The van der Waals surface area contributed by atoms with Crippen molar-refractivity contribution in [1.82, 2.24) is 14.7 Å². The summed E-state index contributed by atoms with van der Waals surface area (Å²) in [6.07, 6.45) is 3.82. The highest BCUT2D eigenvalue weighted by molar-refractivity contribution is 5.66. The third-order valence-corrected chi connectivity index (χ3v) is 6.23. The van der Waals surface area contributed by atoms with Crippen LogP contribution in [0.2, 0.25) is 0 Å². The molecule has 2 aromatic carbocycles. The molecular formula is C28H37N3O4. The SMILES string of the molecule is CCCCOC[C@H](O)CN(Cc1c(-c2ccccc2)nn(C)c1Oc1ccccc1OC)C1CC1. The lowest BCUT2D eigenvalue weighted by atomic mass is 10.1. The van der Waals surface area contributed by atoms with Gasteiger partial charge in [-0.1, -0.05) is 55.8 Å². The van der Waals surface area contributed by atoms with Gasteiger partial charge in [-0.15, -0.1) is 0 Å². The van der Waals surface area contributed by atoms with Gasteiger partial charge in [0.15, 0.2) is 11.5 Å². The second kappa shape index (κ2) is 12.2. The normalized spacial score (nSPS) is 14.3. The molecule has 0 amide bonds. The van der Waals surface area contributed by atoms with Crippen molar-refractivity contribution in [3.63, 3.8) is 0 Å². The van der Waals surface area contributed by atoms with Crippen molar-refractivity contribution in [3.05, 3.63) is 60.2 Å². The Labute approximate surface area is 208 Å². The van der Waals surface area contributed by atoms with Gasteiger partial charge in [0.05, 0.1) is 25.4 Å². The molecule has 1 N–H and O–H groups in total. The number of ether oxygens (including phenoxy) is 3. The minimum atomic E-state index is -0.539. The van der Waals surface area contributed by atoms with Crippen LogP contribution >= 0.6 is 0 Å². The van der Waals surface area contributed by atoms with E-state index in [2.05, 4.69) is 24.0 Å². The summed E-state index contributed by atoms with van der Waals surface area (Å²) in [5.74, 6) is 1.98. The quantitative estimate of drug-likeness (QED) is 0.327. The van der Waals surface area contributed by atoms with Gasteiger partial charge in [0.1, 0.15) is 5.69 Å². The monoisotopic (exact) mass is 479 g/mol. The number of rotatable bonds is 14. The molecule has 188 valence electrons. The maximum absolute atomic E-state index is 10.7. The predicted octanol–water partition coefficient (Wildman–Crippen LogP) is 5.03. The van der Waals surface area contributed by atoms with E-state index in [1.54, 1.807) is 11.8 Å². The fourth-order valence-corrected chi connectivity index (χ4v) is 4.23. The van der Waals surface area contributed by atoms with E-state index in [9.17, 15) is 5.11 Å². The number of nitrogens with zero attached hydrogens (tertiary/aromatic N) is 3. The summed E-state index contributed by atoms with van der Waals surface area (Å²) in [4.78, 5) is 2.34. The average Bonchev–Trinajstić information content (AvgIpc) is 3.68. The molecule has 1 heterocycles. The summed E-state index contributed by atoms with van der Waals surface area (Å²) in [7, 11) is 3.54. The number of hydrogen-bond donors (Lipinski definition) is 1. The first-order chi connectivity index (χ1) is 17.1. The van der Waals surface area contributed by atoms with Gasteiger partial charge in [-0.3, -0.25) is 4.90 Å². The number of aliphatic hydroxyl groups excluding tert-OH is 1. The van der Waals surface area contributed by atoms with Crippen molar-refractivity contribution in [2.45, 2.75) is 51.3 Å². The number of para-hydroxylation sites is 2. The van der Waals surface area contributed by atoms with E-state index in [4.69, 9.17) is 19.3 Å². The van der Waals surface area contributed by atoms with Gasteiger partial charge >= 0.3 is 0 Å². The molecule has 1 aliphatic carbocycles. The number of benzene rings is 2. The molecule has 1 atom stereocenters. The van der Waals surface area contributed by atoms with Crippen molar-refractivity contribution in [1.29, 1.82) is 0 Å². The molecule has 35 heavy (non-hydrogen) atoms. The summed E-state index contributed by atoms with van der Waals surface area (Å²) in [5.41, 5.74) is 2.92. The topological polar surface area (TPSA) is 69.0 Å². The third kappa shape index (κ3) is 6.63. The Morgan fingerprint density at radius 2 is 1.80 bits per heavy atom. The summed E-state index contributed by atoms with van der Waals surface area (Å²) in [6.45, 7) is 4.35. The van der Waals surface area contributed by atoms with Crippen molar-refractivity contribution in [2.75, 3.05) is 26.9 Å². The molecule has 1 saturated carbocycles. The van der Waals surface area contributed by atoms with Crippen molar-refractivity contribution in [2.24, 2.45) is 7.05 Å². The van der Waals surface area contributed by atoms with Crippen LogP contribution in [0.25, 0.3) is 11.3 Å². The lowest BCUT2D eigenvalue weighted by Crippen LogP contribution is -2.36. The fourth-order valence-electron chi connectivity index (χ4n) is 4.23. The summed E-state index contributed by atoms with van der Waals surface area (Å²) in [6, 6.07) is 18.2. The van der Waals surface area contributed by atoms with Crippen molar-refractivity contribution < 1.29 is 19.3 Å². The molecule has 1 aromatic heterocycles. The Morgan fingerprint density at radius 1 is 1.09 bits per heavy atom. The van der Waals surface area contributed by atoms with Gasteiger partial charge in [-0.2, -0.15) is 5.10 Å². The summed E-state index contributed by atoms with van der Waals surface area (Å²) < 4.78 is 19.4. The smallest absolute Gasteiger partial charge is 0.222 e. The second-order valence-corrected chi connectivity index (χ2v) is 9.12. The second-order valence-electron chi connectivity index (χ2n) is 9.12. The van der Waals surface area contributed by atoms with Gasteiger partial charge in [0, 0.05) is 38.3 Å². The molecule has 7 heteroatoms. The highest BCUT2D eigenvalue weighted by Gasteiger charge is 2.33. The van der Waals surface area contributed by atoms with E-state index < -0.39 is 6.10 Å². The molecule has 4 rings (SSSR count). The zero-order valence-electron chi connectivity index (χ0n) is 21.0. The number of unbranched alkanes of at least 4 members (excludes halogenated alkanes) is 1. The minimum absolute atomic E-state index is 0.354. The number of hydrogen-bond acceptors (Lipinski definition) is 6. The zero-order chi connectivity index (χ0) is 24.6. The van der Waals surface area contributed by atoms with Crippen molar-refractivity contribution >= 4 is 0 Å². The van der Waals surface area contributed by atoms with Crippen LogP contribution in [-0.2, 0) is 18.3 Å². The van der Waals surface area contributed by atoms with E-state index in [0.29, 0.717) is 49.7 Å². The van der Waals surface area contributed by atoms with Gasteiger partial charge in [-0.25, -0.2) is 4.68 Å². The average molecular weight is 480 g/mol. The molecule has 1 fully saturated rings. The largest absolute Gasteiger partial charge is 0.493 e. The lowest BCUT2D eigenvalue weighted by molar-refractivity contribution is 0.0127. The molecule has 0 radical (unpaired) electrons. The number of aryl methyl sites for hydroxylation is 1. The molecule has 0 saturated heterocycles. The molecular weight excluding hydrogens is 442 g/mol. The Balaban J connectivity index is 1.62. The van der Waals surface area contributed by atoms with E-state index in [1.807, 2.05) is 49.5 Å². The van der Waals surface area contributed by atoms with Crippen LogP contribution in [0.1, 0.15) is 38.2 Å². The van der Waals surface area contributed by atoms with E-state index in [1.165, 1.54) is 0 Å². The zero-order valence-corrected chi connectivity index (χ0v) is 21.0. The van der Waals surface area contributed by atoms with Crippen LogP contribution in [-0.4, -0.2) is 58.8 Å². The molecule has 0 spiro atoms. The van der Waals surface area contributed by atoms with E-state index in [0.717, 1.165) is 42.5 Å². The molecule has 0 unspecified atom stereocenters.